The Bertz CT molecular complexity index is 794. The largest absolute Gasteiger partial charge is 0.354 e. The predicted molar refractivity (Wildman–Crippen MR) is 96.8 cm³/mol. The van der Waals surface area contributed by atoms with Crippen molar-refractivity contribution in [2.45, 2.75) is 6.42 Å². The van der Waals surface area contributed by atoms with Crippen LogP contribution in [0.4, 0.5) is 5.69 Å². The van der Waals surface area contributed by atoms with Gasteiger partial charge in [-0.25, -0.2) is 8.42 Å². The van der Waals surface area contributed by atoms with Crippen molar-refractivity contribution in [2.75, 3.05) is 23.7 Å². The number of nitrogens with zero attached hydrogens (tertiary/aromatic N) is 1. The van der Waals surface area contributed by atoms with Crippen molar-refractivity contribution < 1.29 is 13.2 Å². The normalized spacial score (nSPS) is 11.1. The van der Waals surface area contributed by atoms with Gasteiger partial charge in [0.25, 0.3) is 0 Å². The van der Waals surface area contributed by atoms with Crippen LogP contribution in [-0.2, 0) is 21.2 Å². The molecule has 0 atom stereocenters. The summed E-state index contributed by atoms with van der Waals surface area (Å²) >= 11 is 6.06. The van der Waals surface area contributed by atoms with Gasteiger partial charge in [0.1, 0.15) is 6.54 Å². The molecular weight excluding hydrogens is 348 g/mol. The minimum atomic E-state index is -3.62. The molecule has 2 aromatic carbocycles. The van der Waals surface area contributed by atoms with Crippen molar-refractivity contribution in [2.24, 2.45) is 0 Å². The Labute approximate surface area is 147 Å². The molecule has 0 aliphatic rings. The lowest BCUT2D eigenvalue weighted by molar-refractivity contribution is -0.119. The first-order chi connectivity index (χ1) is 11.4. The predicted octanol–water partition coefficient (Wildman–Crippen LogP) is 2.46. The number of rotatable bonds is 7. The van der Waals surface area contributed by atoms with Crippen LogP contribution in [0.5, 0.6) is 0 Å². The molecular formula is C17H19ClN2O3S. The van der Waals surface area contributed by atoms with Crippen molar-refractivity contribution in [1.29, 1.82) is 0 Å². The average molecular weight is 367 g/mol. The van der Waals surface area contributed by atoms with Crippen molar-refractivity contribution >= 4 is 33.2 Å². The smallest absolute Gasteiger partial charge is 0.240 e. The van der Waals surface area contributed by atoms with E-state index in [0.717, 1.165) is 16.1 Å². The topological polar surface area (TPSA) is 66.5 Å². The van der Waals surface area contributed by atoms with E-state index in [-0.39, 0.29) is 17.5 Å². The number of amides is 1. The van der Waals surface area contributed by atoms with E-state index in [4.69, 9.17) is 11.6 Å². The third-order valence-corrected chi connectivity index (χ3v) is 4.83. The maximum atomic E-state index is 12.1. The Balaban J connectivity index is 2.00. The van der Waals surface area contributed by atoms with Crippen molar-refractivity contribution in [3.05, 3.63) is 65.2 Å². The van der Waals surface area contributed by atoms with Crippen LogP contribution in [-0.4, -0.2) is 33.7 Å². The van der Waals surface area contributed by atoms with Crippen molar-refractivity contribution in [3.63, 3.8) is 0 Å². The summed E-state index contributed by atoms with van der Waals surface area (Å²) in [5.41, 5.74) is 1.39. The molecule has 0 aromatic heterocycles. The van der Waals surface area contributed by atoms with Crippen LogP contribution in [0.1, 0.15) is 5.56 Å². The van der Waals surface area contributed by atoms with Gasteiger partial charge in [-0.3, -0.25) is 9.10 Å². The Hall–Kier alpha value is -2.05. The molecule has 7 heteroatoms. The molecule has 1 amide bonds. The third kappa shape index (κ3) is 5.25. The van der Waals surface area contributed by atoms with Gasteiger partial charge in [-0.05, 0) is 24.1 Å². The summed E-state index contributed by atoms with van der Waals surface area (Å²) < 4.78 is 25.0. The van der Waals surface area contributed by atoms with Crippen LogP contribution in [0.3, 0.4) is 0 Å². The second kappa shape index (κ2) is 8.17. The number of hydrogen-bond donors (Lipinski definition) is 1. The van der Waals surface area contributed by atoms with Gasteiger partial charge in [0, 0.05) is 6.54 Å². The zero-order chi connectivity index (χ0) is 17.6. The number of anilines is 1. The number of carbonyl (C=O) groups is 1. The molecule has 0 radical (unpaired) electrons. The van der Waals surface area contributed by atoms with Gasteiger partial charge < -0.3 is 5.32 Å². The molecule has 1 N–H and O–H groups in total. The summed E-state index contributed by atoms with van der Waals surface area (Å²) in [6.45, 7) is 0.125. The van der Waals surface area contributed by atoms with Crippen LogP contribution >= 0.6 is 11.6 Å². The zero-order valence-electron chi connectivity index (χ0n) is 13.3. The maximum Gasteiger partial charge on any atom is 0.240 e. The van der Waals surface area contributed by atoms with Crippen LogP contribution in [0, 0.1) is 0 Å². The number of halogens is 1. The lowest BCUT2D eigenvalue weighted by Gasteiger charge is -2.22. The van der Waals surface area contributed by atoms with Crippen molar-refractivity contribution in [3.8, 4) is 0 Å². The van der Waals surface area contributed by atoms with Gasteiger partial charge >= 0.3 is 0 Å². The highest BCUT2D eigenvalue weighted by Crippen LogP contribution is 2.26. The molecule has 0 heterocycles. The molecule has 0 spiro atoms. The van der Waals surface area contributed by atoms with Gasteiger partial charge in [-0.15, -0.1) is 0 Å². The number of sulfonamides is 1. The average Bonchev–Trinajstić information content (AvgIpc) is 2.53. The summed E-state index contributed by atoms with van der Waals surface area (Å²) in [5, 5.41) is 3.01. The van der Waals surface area contributed by atoms with E-state index in [1.165, 1.54) is 0 Å². The number of carbonyl (C=O) groups excluding carboxylic acids is 1. The van der Waals surface area contributed by atoms with E-state index in [1.54, 1.807) is 24.3 Å². The Morgan fingerprint density at radius 1 is 1.08 bits per heavy atom. The highest BCUT2D eigenvalue weighted by molar-refractivity contribution is 7.92. The maximum absolute atomic E-state index is 12.1. The molecule has 0 saturated heterocycles. The van der Waals surface area contributed by atoms with Gasteiger partial charge in [0.05, 0.1) is 17.0 Å². The minimum absolute atomic E-state index is 0.278. The van der Waals surface area contributed by atoms with Crippen LogP contribution in [0.25, 0.3) is 0 Å². The quantitative estimate of drug-likeness (QED) is 0.818. The summed E-state index contributed by atoms with van der Waals surface area (Å²) in [6, 6.07) is 16.3. The van der Waals surface area contributed by atoms with Crippen LogP contribution < -0.4 is 9.62 Å². The molecule has 0 bridgehead atoms. The molecule has 5 nitrogen and oxygen atoms in total. The standard InChI is InChI=1S/C17H19ClN2O3S/c1-24(22,23)20(16-10-6-5-9-15(16)18)13-17(21)19-12-11-14-7-3-2-4-8-14/h2-10H,11-13H2,1H3,(H,19,21). The van der Waals surface area contributed by atoms with E-state index in [2.05, 4.69) is 5.32 Å². The number of para-hydroxylation sites is 1. The second-order valence-corrected chi connectivity index (χ2v) is 7.62. The molecule has 2 rings (SSSR count). The summed E-state index contributed by atoms with van der Waals surface area (Å²) in [4.78, 5) is 12.1. The third-order valence-electron chi connectivity index (χ3n) is 3.39. The molecule has 0 aliphatic heterocycles. The van der Waals surface area contributed by atoms with E-state index in [0.29, 0.717) is 18.7 Å². The Kier molecular flexibility index (Phi) is 6.23. The summed E-state index contributed by atoms with van der Waals surface area (Å²) in [7, 11) is -3.62. The first-order valence-electron chi connectivity index (χ1n) is 7.41. The van der Waals surface area contributed by atoms with E-state index in [9.17, 15) is 13.2 Å². The van der Waals surface area contributed by atoms with Crippen molar-refractivity contribution in [1.82, 2.24) is 5.32 Å². The fraction of sp³-hybridized carbons (Fsp3) is 0.235. The van der Waals surface area contributed by atoms with Gasteiger partial charge in [0.15, 0.2) is 0 Å². The van der Waals surface area contributed by atoms with E-state index in [1.807, 2.05) is 30.3 Å². The molecule has 0 unspecified atom stereocenters. The van der Waals surface area contributed by atoms with E-state index < -0.39 is 10.0 Å². The highest BCUT2D eigenvalue weighted by Gasteiger charge is 2.22. The molecule has 2 aromatic rings. The summed E-state index contributed by atoms with van der Waals surface area (Å²) in [5.74, 6) is -0.378. The SMILES string of the molecule is CS(=O)(=O)N(CC(=O)NCCc1ccccc1)c1ccccc1Cl. The Morgan fingerprint density at radius 2 is 1.71 bits per heavy atom. The molecule has 24 heavy (non-hydrogen) atoms. The molecule has 0 saturated carbocycles. The molecule has 0 fully saturated rings. The first kappa shape index (κ1) is 18.3. The van der Waals surface area contributed by atoms with Crippen LogP contribution in [0.15, 0.2) is 54.6 Å². The first-order valence-corrected chi connectivity index (χ1v) is 9.63. The van der Waals surface area contributed by atoms with Crippen LogP contribution in [0.2, 0.25) is 5.02 Å². The van der Waals surface area contributed by atoms with E-state index >= 15 is 0 Å². The monoisotopic (exact) mass is 366 g/mol. The fourth-order valence-corrected chi connectivity index (χ4v) is 3.37. The number of hydrogen-bond acceptors (Lipinski definition) is 3. The summed E-state index contributed by atoms with van der Waals surface area (Å²) in [6.07, 6.45) is 1.73. The van der Waals surface area contributed by atoms with Gasteiger partial charge in [-0.2, -0.15) is 0 Å². The highest BCUT2D eigenvalue weighted by atomic mass is 35.5. The fourth-order valence-electron chi connectivity index (χ4n) is 2.21. The lowest BCUT2D eigenvalue weighted by Crippen LogP contribution is -2.41. The van der Waals surface area contributed by atoms with Gasteiger partial charge in [-0.1, -0.05) is 54.1 Å². The van der Waals surface area contributed by atoms with Gasteiger partial charge in [0.2, 0.25) is 15.9 Å². The zero-order valence-corrected chi connectivity index (χ0v) is 14.8. The molecule has 128 valence electrons. The number of nitrogens with one attached hydrogen (secondary N) is 1. The Morgan fingerprint density at radius 3 is 2.33 bits per heavy atom. The molecule has 0 aliphatic carbocycles. The minimum Gasteiger partial charge on any atom is -0.354 e. The lowest BCUT2D eigenvalue weighted by atomic mass is 10.1. The second-order valence-electron chi connectivity index (χ2n) is 5.31. The number of benzene rings is 2.